The molecule has 1 rings (SSSR count). The van der Waals surface area contributed by atoms with Crippen LogP contribution in [-0.2, 0) is 4.79 Å². The average Bonchev–Trinajstić information content (AvgIpc) is 2.87. The van der Waals surface area contributed by atoms with Crippen molar-refractivity contribution in [1.29, 1.82) is 0 Å². The molecular weight excluding hydrogens is 200 g/mol. The van der Waals surface area contributed by atoms with Gasteiger partial charge in [-0.25, -0.2) is 9.59 Å². The molecule has 1 saturated carbocycles. The zero-order valence-corrected chi connectivity index (χ0v) is 8.56. The van der Waals surface area contributed by atoms with Crippen molar-refractivity contribution >= 4 is 12.0 Å². The van der Waals surface area contributed by atoms with Gasteiger partial charge in [0.1, 0.15) is 0 Å². The lowest BCUT2D eigenvalue weighted by atomic mass is 10.3. The number of aliphatic carboxylic acids is 1. The molecule has 3 atom stereocenters. The molecule has 0 aromatic carbocycles. The van der Waals surface area contributed by atoms with Gasteiger partial charge < -0.3 is 20.8 Å². The van der Waals surface area contributed by atoms with E-state index in [4.69, 9.17) is 10.2 Å². The summed E-state index contributed by atoms with van der Waals surface area (Å²) in [6.45, 7) is 2.05. The zero-order chi connectivity index (χ0) is 11.4. The highest BCUT2D eigenvalue weighted by Gasteiger charge is 2.32. The minimum atomic E-state index is -1.24. The third-order valence-electron chi connectivity index (χ3n) is 2.59. The van der Waals surface area contributed by atoms with Gasteiger partial charge in [0, 0.05) is 6.54 Å². The first-order chi connectivity index (χ1) is 7.04. The van der Waals surface area contributed by atoms with Gasteiger partial charge in [0.25, 0.3) is 0 Å². The van der Waals surface area contributed by atoms with Gasteiger partial charge in [0.2, 0.25) is 0 Å². The van der Waals surface area contributed by atoms with Crippen LogP contribution in [0.25, 0.3) is 0 Å². The molecule has 0 saturated heterocycles. The van der Waals surface area contributed by atoms with Crippen molar-refractivity contribution in [3.05, 3.63) is 0 Å². The highest BCUT2D eigenvalue weighted by molar-refractivity contribution is 5.82. The van der Waals surface area contributed by atoms with Crippen LogP contribution >= 0.6 is 0 Å². The van der Waals surface area contributed by atoms with Gasteiger partial charge in [0.05, 0.1) is 6.61 Å². The van der Waals surface area contributed by atoms with Crippen molar-refractivity contribution in [1.82, 2.24) is 10.6 Å². The van der Waals surface area contributed by atoms with E-state index in [9.17, 15) is 9.59 Å². The summed E-state index contributed by atoms with van der Waals surface area (Å²) in [5.41, 5.74) is 0. The summed E-state index contributed by atoms with van der Waals surface area (Å²) < 4.78 is 0. The molecule has 1 aliphatic carbocycles. The van der Waals surface area contributed by atoms with Crippen LogP contribution in [0.4, 0.5) is 4.79 Å². The lowest BCUT2D eigenvalue weighted by Gasteiger charge is -2.12. The van der Waals surface area contributed by atoms with Crippen LogP contribution in [0.3, 0.4) is 0 Å². The molecule has 1 aliphatic rings. The maximum Gasteiger partial charge on any atom is 0.328 e. The van der Waals surface area contributed by atoms with E-state index >= 15 is 0 Å². The monoisotopic (exact) mass is 216 g/mol. The molecule has 2 unspecified atom stereocenters. The zero-order valence-electron chi connectivity index (χ0n) is 8.56. The number of hydrogen-bond acceptors (Lipinski definition) is 3. The summed E-state index contributed by atoms with van der Waals surface area (Å²) in [5, 5.41) is 21.9. The van der Waals surface area contributed by atoms with Gasteiger partial charge in [0.15, 0.2) is 6.04 Å². The Morgan fingerprint density at radius 1 is 1.53 bits per heavy atom. The van der Waals surface area contributed by atoms with Crippen LogP contribution in [0.2, 0.25) is 0 Å². The van der Waals surface area contributed by atoms with Gasteiger partial charge in [-0.1, -0.05) is 6.92 Å². The highest BCUT2D eigenvalue weighted by atomic mass is 16.4. The largest absolute Gasteiger partial charge is 0.480 e. The molecule has 0 heterocycles. The van der Waals surface area contributed by atoms with Gasteiger partial charge in [-0.05, 0) is 18.3 Å². The van der Waals surface area contributed by atoms with Crippen molar-refractivity contribution in [2.45, 2.75) is 19.4 Å². The Kier molecular flexibility index (Phi) is 3.90. The topological polar surface area (TPSA) is 98.7 Å². The summed E-state index contributed by atoms with van der Waals surface area (Å²) in [7, 11) is 0. The number of carbonyl (C=O) groups excluding carboxylic acids is 1. The molecule has 1 fully saturated rings. The molecule has 15 heavy (non-hydrogen) atoms. The van der Waals surface area contributed by atoms with Crippen molar-refractivity contribution in [3.63, 3.8) is 0 Å². The number of hydrogen-bond donors (Lipinski definition) is 4. The average molecular weight is 216 g/mol. The van der Waals surface area contributed by atoms with E-state index in [1.165, 1.54) is 0 Å². The smallest absolute Gasteiger partial charge is 0.328 e. The molecule has 0 aromatic rings. The van der Waals surface area contributed by atoms with Crippen LogP contribution in [-0.4, -0.2) is 41.4 Å². The Morgan fingerprint density at radius 2 is 2.13 bits per heavy atom. The van der Waals surface area contributed by atoms with Crippen LogP contribution < -0.4 is 10.6 Å². The maximum absolute atomic E-state index is 11.2. The van der Waals surface area contributed by atoms with Crippen molar-refractivity contribution in [2.24, 2.45) is 11.8 Å². The molecule has 0 aromatic heterocycles. The van der Waals surface area contributed by atoms with Gasteiger partial charge in [-0.15, -0.1) is 0 Å². The molecule has 6 heteroatoms. The Morgan fingerprint density at radius 3 is 2.53 bits per heavy atom. The Balaban J connectivity index is 2.19. The van der Waals surface area contributed by atoms with E-state index in [1.54, 1.807) is 0 Å². The fourth-order valence-corrected chi connectivity index (χ4v) is 1.30. The molecular formula is C9H16N2O4. The summed E-state index contributed by atoms with van der Waals surface area (Å²) in [4.78, 5) is 21.6. The van der Waals surface area contributed by atoms with Crippen LogP contribution in [0.1, 0.15) is 13.3 Å². The second-order valence-electron chi connectivity index (χ2n) is 3.90. The van der Waals surface area contributed by atoms with Gasteiger partial charge in [-0.2, -0.15) is 0 Å². The minimum Gasteiger partial charge on any atom is -0.480 e. The highest BCUT2D eigenvalue weighted by Crippen LogP contribution is 2.36. The lowest BCUT2D eigenvalue weighted by Crippen LogP contribution is -2.48. The second kappa shape index (κ2) is 4.97. The summed E-state index contributed by atoms with van der Waals surface area (Å²) >= 11 is 0. The van der Waals surface area contributed by atoms with E-state index < -0.39 is 24.6 Å². The molecule has 86 valence electrons. The Labute approximate surface area is 87.7 Å². The van der Waals surface area contributed by atoms with E-state index in [1.807, 2.05) is 0 Å². The van der Waals surface area contributed by atoms with E-state index in [-0.39, 0.29) is 0 Å². The third kappa shape index (κ3) is 3.75. The van der Waals surface area contributed by atoms with Gasteiger partial charge >= 0.3 is 12.0 Å². The predicted molar refractivity (Wildman–Crippen MR) is 52.3 cm³/mol. The summed E-state index contributed by atoms with van der Waals surface area (Å²) in [5.74, 6) is -0.0981. The number of carboxylic acids is 1. The Hall–Kier alpha value is -1.30. The number of urea groups is 1. The van der Waals surface area contributed by atoms with E-state index in [0.717, 1.165) is 6.42 Å². The number of aliphatic hydroxyl groups is 1. The number of carbonyl (C=O) groups is 2. The number of aliphatic hydroxyl groups excluding tert-OH is 1. The minimum absolute atomic E-state index is 0.508. The van der Waals surface area contributed by atoms with Crippen molar-refractivity contribution in [2.75, 3.05) is 13.2 Å². The molecule has 0 bridgehead atoms. The summed E-state index contributed by atoms with van der Waals surface area (Å²) in [6.07, 6.45) is 1.10. The Bertz CT molecular complexity index is 256. The van der Waals surface area contributed by atoms with E-state index in [0.29, 0.717) is 18.4 Å². The predicted octanol–water partition coefficient (Wildman–Crippen LogP) is -0.613. The lowest BCUT2D eigenvalue weighted by molar-refractivity contribution is -0.140. The fourth-order valence-electron chi connectivity index (χ4n) is 1.30. The van der Waals surface area contributed by atoms with Gasteiger partial charge in [-0.3, -0.25) is 0 Å². The molecule has 4 N–H and O–H groups in total. The molecule has 0 radical (unpaired) electrons. The van der Waals surface area contributed by atoms with Crippen molar-refractivity contribution < 1.29 is 19.8 Å². The first-order valence-electron chi connectivity index (χ1n) is 4.92. The van der Waals surface area contributed by atoms with Crippen LogP contribution in [0.15, 0.2) is 0 Å². The van der Waals surface area contributed by atoms with Crippen LogP contribution in [0, 0.1) is 11.8 Å². The first kappa shape index (κ1) is 11.8. The molecule has 6 nitrogen and oxygen atoms in total. The number of amides is 2. The molecule has 0 aliphatic heterocycles. The third-order valence-corrected chi connectivity index (χ3v) is 2.59. The van der Waals surface area contributed by atoms with E-state index in [2.05, 4.69) is 17.6 Å². The standard InChI is InChI=1S/C9H16N2O4/c1-5-2-6(5)3-10-9(15)11-7(4-12)8(13)14/h5-7,12H,2-4H2,1H3,(H,13,14)(H2,10,11,15)/t5?,6?,7-/m1/s1. The number of nitrogens with one attached hydrogen (secondary N) is 2. The first-order valence-corrected chi connectivity index (χ1v) is 4.92. The number of carboxylic acid groups (broad SMARTS) is 1. The van der Waals surface area contributed by atoms with Crippen molar-refractivity contribution in [3.8, 4) is 0 Å². The maximum atomic E-state index is 11.2. The second-order valence-corrected chi connectivity index (χ2v) is 3.90. The molecule has 0 spiro atoms. The number of rotatable bonds is 5. The summed E-state index contributed by atoms with van der Waals surface area (Å²) in [6, 6.07) is -1.78. The molecule has 2 amide bonds. The normalized spacial score (nSPS) is 25.5. The fraction of sp³-hybridized carbons (Fsp3) is 0.778. The van der Waals surface area contributed by atoms with Crippen LogP contribution in [0.5, 0.6) is 0 Å². The SMILES string of the molecule is CC1CC1CNC(=O)N[C@H](CO)C(=O)O. The quantitative estimate of drug-likeness (QED) is 0.492.